The van der Waals surface area contributed by atoms with E-state index in [1.54, 1.807) is 37.3 Å². The molecular weight excluding hydrogens is 232 g/mol. The quantitative estimate of drug-likeness (QED) is 0.853. The fraction of sp³-hybridized carbons (Fsp3) is 0.462. The van der Waals surface area contributed by atoms with Gasteiger partial charge in [0.05, 0.1) is 19.8 Å². The van der Waals surface area contributed by atoms with E-state index in [9.17, 15) is 4.79 Å². The van der Waals surface area contributed by atoms with E-state index < -0.39 is 0 Å². The van der Waals surface area contributed by atoms with Gasteiger partial charge in [0.15, 0.2) is 0 Å². The minimum Gasteiger partial charge on any atom is -0.497 e. The van der Waals surface area contributed by atoms with Gasteiger partial charge in [0.25, 0.3) is 5.91 Å². The Bertz CT molecular complexity index is 421. The Morgan fingerprint density at radius 1 is 1.39 bits per heavy atom. The maximum atomic E-state index is 12.3. The number of nitrogens with zero attached hydrogens (tertiary/aromatic N) is 1. The number of amides is 1. The van der Waals surface area contributed by atoms with Crippen molar-refractivity contribution in [3.8, 4) is 11.5 Å². The maximum Gasteiger partial charge on any atom is 0.257 e. The van der Waals surface area contributed by atoms with Crippen LogP contribution in [0, 0.1) is 0 Å². The highest BCUT2D eigenvalue weighted by Crippen LogP contribution is 2.25. The second-order valence-electron chi connectivity index (χ2n) is 4.07. The normalized spacial score (nSPS) is 11.8. The predicted molar refractivity (Wildman–Crippen MR) is 70.2 cm³/mol. The minimum absolute atomic E-state index is 0.0238. The van der Waals surface area contributed by atoms with Gasteiger partial charge in [-0.1, -0.05) is 0 Å². The van der Waals surface area contributed by atoms with Gasteiger partial charge in [0.1, 0.15) is 11.5 Å². The molecule has 0 bridgehead atoms. The molecule has 0 aliphatic heterocycles. The van der Waals surface area contributed by atoms with Crippen LogP contribution in [0.5, 0.6) is 11.5 Å². The Morgan fingerprint density at radius 2 is 2.06 bits per heavy atom. The fourth-order valence-electron chi connectivity index (χ4n) is 1.52. The SMILES string of the molecule is COc1ccc(C(=O)N(C)C(C)CN)c(OC)c1. The van der Waals surface area contributed by atoms with E-state index in [0.29, 0.717) is 23.6 Å². The van der Waals surface area contributed by atoms with Gasteiger partial charge in [-0.3, -0.25) is 4.79 Å². The number of ether oxygens (including phenoxy) is 2. The summed E-state index contributed by atoms with van der Waals surface area (Å²) in [6, 6.07) is 5.09. The van der Waals surface area contributed by atoms with Crippen molar-refractivity contribution in [3.63, 3.8) is 0 Å². The van der Waals surface area contributed by atoms with Crippen molar-refractivity contribution in [2.45, 2.75) is 13.0 Å². The summed E-state index contributed by atoms with van der Waals surface area (Å²) in [5.74, 6) is 1.03. The van der Waals surface area contributed by atoms with E-state index in [4.69, 9.17) is 15.2 Å². The maximum absolute atomic E-state index is 12.3. The third kappa shape index (κ3) is 2.92. The van der Waals surface area contributed by atoms with Gasteiger partial charge < -0.3 is 20.1 Å². The molecule has 0 saturated carbocycles. The van der Waals surface area contributed by atoms with Gasteiger partial charge in [-0.2, -0.15) is 0 Å². The zero-order valence-corrected chi connectivity index (χ0v) is 11.3. The van der Waals surface area contributed by atoms with E-state index >= 15 is 0 Å². The first-order valence-electron chi connectivity index (χ1n) is 5.74. The average Bonchev–Trinajstić information content (AvgIpc) is 2.43. The largest absolute Gasteiger partial charge is 0.497 e. The molecule has 5 nitrogen and oxygen atoms in total. The molecule has 0 spiro atoms. The Labute approximate surface area is 107 Å². The molecule has 1 atom stereocenters. The lowest BCUT2D eigenvalue weighted by molar-refractivity contribution is 0.0745. The molecule has 100 valence electrons. The van der Waals surface area contributed by atoms with Crippen LogP contribution >= 0.6 is 0 Å². The van der Waals surface area contributed by atoms with Gasteiger partial charge in [0, 0.05) is 25.7 Å². The van der Waals surface area contributed by atoms with Crippen molar-refractivity contribution < 1.29 is 14.3 Å². The highest BCUT2D eigenvalue weighted by Gasteiger charge is 2.20. The van der Waals surface area contributed by atoms with E-state index in [2.05, 4.69) is 0 Å². The van der Waals surface area contributed by atoms with Crippen LogP contribution in [0.25, 0.3) is 0 Å². The first kappa shape index (κ1) is 14.3. The molecule has 1 aromatic carbocycles. The molecule has 1 amide bonds. The summed E-state index contributed by atoms with van der Waals surface area (Å²) in [6.07, 6.45) is 0. The Morgan fingerprint density at radius 3 is 2.56 bits per heavy atom. The molecule has 0 saturated heterocycles. The van der Waals surface area contributed by atoms with Gasteiger partial charge in [-0.05, 0) is 19.1 Å². The van der Waals surface area contributed by atoms with Crippen molar-refractivity contribution in [1.29, 1.82) is 0 Å². The van der Waals surface area contributed by atoms with Crippen LogP contribution in [0.15, 0.2) is 18.2 Å². The summed E-state index contributed by atoms with van der Waals surface area (Å²) in [5.41, 5.74) is 6.06. The first-order valence-corrected chi connectivity index (χ1v) is 5.74. The van der Waals surface area contributed by atoms with Crippen LogP contribution < -0.4 is 15.2 Å². The van der Waals surface area contributed by atoms with Crippen molar-refractivity contribution in [2.75, 3.05) is 27.8 Å². The van der Waals surface area contributed by atoms with Crippen LogP contribution in [-0.4, -0.2) is 44.7 Å². The van der Waals surface area contributed by atoms with E-state index in [0.717, 1.165) is 0 Å². The number of hydrogen-bond donors (Lipinski definition) is 1. The second kappa shape index (κ2) is 6.26. The molecule has 0 fully saturated rings. The number of likely N-dealkylation sites (N-methyl/N-ethyl adjacent to an activating group) is 1. The molecule has 2 N–H and O–H groups in total. The second-order valence-corrected chi connectivity index (χ2v) is 4.07. The number of nitrogens with two attached hydrogens (primary N) is 1. The lowest BCUT2D eigenvalue weighted by Gasteiger charge is -2.24. The van der Waals surface area contributed by atoms with Crippen LogP contribution in [0.1, 0.15) is 17.3 Å². The number of carbonyl (C=O) groups is 1. The van der Waals surface area contributed by atoms with Crippen LogP contribution in [0.4, 0.5) is 0 Å². The van der Waals surface area contributed by atoms with E-state index in [1.807, 2.05) is 6.92 Å². The Hall–Kier alpha value is -1.75. The average molecular weight is 252 g/mol. The molecule has 1 aromatic rings. The summed E-state index contributed by atoms with van der Waals surface area (Å²) in [7, 11) is 4.82. The number of benzene rings is 1. The van der Waals surface area contributed by atoms with E-state index in [1.165, 1.54) is 7.11 Å². The molecule has 0 aromatic heterocycles. The third-order valence-corrected chi connectivity index (χ3v) is 2.96. The van der Waals surface area contributed by atoms with Crippen molar-refractivity contribution >= 4 is 5.91 Å². The van der Waals surface area contributed by atoms with Gasteiger partial charge in [0.2, 0.25) is 0 Å². The van der Waals surface area contributed by atoms with Gasteiger partial charge in [-0.15, -0.1) is 0 Å². The summed E-state index contributed by atoms with van der Waals surface area (Å²) >= 11 is 0. The fourth-order valence-corrected chi connectivity index (χ4v) is 1.52. The minimum atomic E-state index is -0.118. The van der Waals surface area contributed by atoms with Gasteiger partial charge >= 0.3 is 0 Å². The summed E-state index contributed by atoms with van der Waals surface area (Å²) in [5, 5.41) is 0. The summed E-state index contributed by atoms with van der Waals surface area (Å²) in [6.45, 7) is 2.31. The van der Waals surface area contributed by atoms with Crippen molar-refractivity contribution in [2.24, 2.45) is 5.73 Å². The zero-order chi connectivity index (χ0) is 13.7. The molecule has 0 heterocycles. The highest BCUT2D eigenvalue weighted by atomic mass is 16.5. The molecule has 0 aliphatic carbocycles. The number of carbonyl (C=O) groups excluding carboxylic acids is 1. The zero-order valence-electron chi connectivity index (χ0n) is 11.3. The van der Waals surface area contributed by atoms with Crippen LogP contribution in [0.2, 0.25) is 0 Å². The van der Waals surface area contributed by atoms with Crippen LogP contribution in [0.3, 0.4) is 0 Å². The van der Waals surface area contributed by atoms with Crippen molar-refractivity contribution in [3.05, 3.63) is 23.8 Å². The third-order valence-electron chi connectivity index (χ3n) is 2.96. The highest BCUT2D eigenvalue weighted by molar-refractivity contribution is 5.97. The predicted octanol–water partition coefficient (Wildman–Crippen LogP) is 1.12. The number of hydrogen-bond acceptors (Lipinski definition) is 4. The summed E-state index contributed by atoms with van der Waals surface area (Å²) < 4.78 is 10.3. The molecule has 0 radical (unpaired) electrons. The molecular formula is C13H20N2O3. The Balaban J connectivity index is 3.05. The van der Waals surface area contributed by atoms with Crippen LogP contribution in [-0.2, 0) is 0 Å². The standard InChI is InChI=1S/C13H20N2O3/c1-9(8-14)15(2)13(16)11-6-5-10(17-3)7-12(11)18-4/h5-7,9H,8,14H2,1-4H3. The number of rotatable bonds is 5. The monoisotopic (exact) mass is 252 g/mol. The smallest absolute Gasteiger partial charge is 0.257 e. The summed E-state index contributed by atoms with van der Waals surface area (Å²) in [4.78, 5) is 13.9. The topological polar surface area (TPSA) is 64.8 Å². The molecule has 0 aliphatic rings. The first-order chi connectivity index (χ1) is 8.54. The van der Waals surface area contributed by atoms with Crippen molar-refractivity contribution in [1.82, 2.24) is 4.90 Å². The molecule has 18 heavy (non-hydrogen) atoms. The lowest BCUT2D eigenvalue weighted by atomic mass is 10.1. The molecule has 1 rings (SSSR count). The Kier molecular flexibility index (Phi) is 4.97. The molecule has 1 unspecified atom stereocenters. The molecule has 5 heteroatoms. The van der Waals surface area contributed by atoms with E-state index in [-0.39, 0.29) is 11.9 Å². The van der Waals surface area contributed by atoms with Gasteiger partial charge in [-0.25, -0.2) is 0 Å². The lowest BCUT2D eigenvalue weighted by Crippen LogP contribution is -2.39. The number of methoxy groups -OCH3 is 2.